The first-order chi connectivity index (χ1) is 15.4. The van der Waals surface area contributed by atoms with Gasteiger partial charge in [0, 0.05) is 28.2 Å². The SMILES string of the molecule is Cc1c(CC(=O)NCCc2ccccc2)c2cc(O)ccc2n1C(=O)c1ccc(Cl)cc1. The van der Waals surface area contributed by atoms with Gasteiger partial charge in [0.05, 0.1) is 11.9 Å². The molecule has 3 aromatic carbocycles. The van der Waals surface area contributed by atoms with Gasteiger partial charge < -0.3 is 10.4 Å². The predicted octanol–water partition coefficient (Wildman–Crippen LogP) is 4.90. The molecule has 0 atom stereocenters. The minimum atomic E-state index is -0.217. The molecule has 0 aliphatic carbocycles. The van der Waals surface area contributed by atoms with Crippen LogP contribution in [0, 0.1) is 6.92 Å². The van der Waals surface area contributed by atoms with E-state index < -0.39 is 0 Å². The third kappa shape index (κ3) is 4.53. The highest BCUT2D eigenvalue weighted by atomic mass is 35.5. The highest BCUT2D eigenvalue weighted by Crippen LogP contribution is 2.30. The number of nitrogens with one attached hydrogen (secondary N) is 1. The van der Waals surface area contributed by atoms with E-state index in [0.29, 0.717) is 33.7 Å². The van der Waals surface area contributed by atoms with Gasteiger partial charge in [-0.3, -0.25) is 14.2 Å². The molecule has 4 aromatic rings. The number of carbonyl (C=O) groups excluding carboxylic acids is 2. The maximum atomic E-state index is 13.3. The summed E-state index contributed by atoms with van der Waals surface area (Å²) in [4.78, 5) is 25.9. The number of nitrogens with zero attached hydrogens (tertiary/aromatic N) is 1. The van der Waals surface area contributed by atoms with Crippen LogP contribution in [0.25, 0.3) is 10.9 Å². The first kappa shape index (κ1) is 21.7. The highest BCUT2D eigenvalue weighted by molar-refractivity contribution is 6.30. The summed E-state index contributed by atoms with van der Waals surface area (Å²) in [6.07, 6.45) is 0.852. The van der Waals surface area contributed by atoms with Gasteiger partial charge in [0.25, 0.3) is 5.91 Å². The second-order valence-corrected chi connectivity index (χ2v) is 8.11. The van der Waals surface area contributed by atoms with Crippen LogP contribution in [-0.2, 0) is 17.6 Å². The topological polar surface area (TPSA) is 71.3 Å². The Balaban J connectivity index is 1.60. The molecule has 0 spiro atoms. The largest absolute Gasteiger partial charge is 0.508 e. The van der Waals surface area contributed by atoms with Crippen molar-refractivity contribution in [2.24, 2.45) is 0 Å². The van der Waals surface area contributed by atoms with Crippen molar-refractivity contribution in [2.75, 3.05) is 6.54 Å². The molecule has 0 aliphatic heterocycles. The average molecular weight is 447 g/mol. The van der Waals surface area contributed by atoms with Gasteiger partial charge in [0.2, 0.25) is 5.91 Å². The van der Waals surface area contributed by atoms with Crippen LogP contribution in [0.1, 0.15) is 27.2 Å². The molecule has 0 aliphatic rings. The maximum Gasteiger partial charge on any atom is 0.262 e. The van der Waals surface area contributed by atoms with Crippen LogP contribution in [-0.4, -0.2) is 28.0 Å². The van der Waals surface area contributed by atoms with Crippen LogP contribution < -0.4 is 5.32 Å². The van der Waals surface area contributed by atoms with Crippen LogP contribution in [0.2, 0.25) is 5.02 Å². The molecule has 0 fully saturated rings. The lowest BCUT2D eigenvalue weighted by atomic mass is 10.1. The molecule has 0 bridgehead atoms. The number of fused-ring (bicyclic) bond motifs is 1. The minimum absolute atomic E-state index is 0.0827. The second kappa shape index (κ2) is 9.28. The van der Waals surface area contributed by atoms with Gasteiger partial charge in [-0.15, -0.1) is 0 Å². The van der Waals surface area contributed by atoms with Crippen molar-refractivity contribution >= 4 is 34.3 Å². The summed E-state index contributed by atoms with van der Waals surface area (Å²) in [6.45, 7) is 2.34. The van der Waals surface area contributed by atoms with Crippen molar-refractivity contribution in [3.05, 3.63) is 100 Å². The molecular formula is C26H23ClN2O3. The van der Waals surface area contributed by atoms with Crippen molar-refractivity contribution in [3.8, 4) is 5.75 Å². The molecule has 2 N–H and O–H groups in total. The lowest BCUT2D eigenvalue weighted by Crippen LogP contribution is -2.27. The quantitative estimate of drug-likeness (QED) is 0.442. The molecule has 1 heterocycles. The summed E-state index contributed by atoms with van der Waals surface area (Å²) in [5.74, 6) is -0.268. The summed E-state index contributed by atoms with van der Waals surface area (Å²) < 4.78 is 1.59. The van der Waals surface area contributed by atoms with Crippen molar-refractivity contribution in [1.29, 1.82) is 0 Å². The average Bonchev–Trinajstić information content (AvgIpc) is 3.05. The molecule has 0 saturated heterocycles. The Hall–Kier alpha value is -3.57. The monoisotopic (exact) mass is 446 g/mol. The molecule has 0 radical (unpaired) electrons. The summed E-state index contributed by atoms with van der Waals surface area (Å²) in [5, 5.41) is 14.2. The summed E-state index contributed by atoms with van der Waals surface area (Å²) in [7, 11) is 0. The Morgan fingerprint density at radius 3 is 2.44 bits per heavy atom. The zero-order chi connectivity index (χ0) is 22.7. The number of hydrogen-bond acceptors (Lipinski definition) is 3. The first-order valence-corrected chi connectivity index (χ1v) is 10.8. The fourth-order valence-electron chi connectivity index (χ4n) is 3.89. The normalized spacial score (nSPS) is 10.9. The number of aromatic hydroxyl groups is 1. The molecule has 1 aromatic heterocycles. The van der Waals surface area contributed by atoms with E-state index in [1.165, 1.54) is 6.07 Å². The number of rotatable bonds is 6. The summed E-state index contributed by atoms with van der Waals surface area (Å²) in [6, 6.07) is 21.5. The smallest absolute Gasteiger partial charge is 0.262 e. The van der Waals surface area contributed by atoms with Gasteiger partial charge in [-0.25, -0.2) is 0 Å². The van der Waals surface area contributed by atoms with Crippen LogP contribution in [0.5, 0.6) is 5.75 Å². The fourth-order valence-corrected chi connectivity index (χ4v) is 4.02. The summed E-state index contributed by atoms with van der Waals surface area (Å²) in [5.41, 5.74) is 3.67. The van der Waals surface area contributed by atoms with Crippen molar-refractivity contribution in [3.63, 3.8) is 0 Å². The molecular weight excluding hydrogens is 424 g/mol. The van der Waals surface area contributed by atoms with Gasteiger partial charge in [-0.2, -0.15) is 0 Å². The van der Waals surface area contributed by atoms with E-state index in [2.05, 4.69) is 5.32 Å². The van der Waals surface area contributed by atoms with Gasteiger partial charge >= 0.3 is 0 Å². The number of carbonyl (C=O) groups is 2. The predicted molar refractivity (Wildman–Crippen MR) is 126 cm³/mol. The number of phenols is 1. The summed E-state index contributed by atoms with van der Waals surface area (Å²) >= 11 is 5.96. The lowest BCUT2D eigenvalue weighted by molar-refractivity contribution is -0.120. The third-order valence-electron chi connectivity index (χ3n) is 5.53. The van der Waals surface area contributed by atoms with Gasteiger partial charge in [-0.05, 0) is 66.9 Å². The number of halogens is 1. The first-order valence-electron chi connectivity index (χ1n) is 10.4. The van der Waals surface area contributed by atoms with Crippen LogP contribution in [0.15, 0.2) is 72.8 Å². The zero-order valence-corrected chi connectivity index (χ0v) is 18.4. The van der Waals surface area contributed by atoms with Crippen LogP contribution in [0.3, 0.4) is 0 Å². The number of hydrogen-bond donors (Lipinski definition) is 2. The highest BCUT2D eigenvalue weighted by Gasteiger charge is 2.21. The second-order valence-electron chi connectivity index (χ2n) is 7.68. The molecule has 1 amide bonds. The zero-order valence-electron chi connectivity index (χ0n) is 17.6. The number of benzene rings is 3. The van der Waals surface area contributed by atoms with E-state index in [4.69, 9.17) is 11.6 Å². The van der Waals surface area contributed by atoms with E-state index in [0.717, 1.165) is 17.5 Å². The number of phenolic OH excluding ortho intramolecular Hbond substituents is 1. The standard InChI is InChI=1S/C26H23ClN2O3/c1-17-22(16-25(31)28-14-13-18-5-3-2-4-6-18)23-15-21(30)11-12-24(23)29(17)26(32)19-7-9-20(27)10-8-19/h2-12,15,30H,13-14,16H2,1H3,(H,28,31). The van der Waals surface area contributed by atoms with Crippen LogP contribution in [0.4, 0.5) is 0 Å². The molecule has 32 heavy (non-hydrogen) atoms. The van der Waals surface area contributed by atoms with Gasteiger partial charge in [0.15, 0.2) is 0 Å². The van der Waals surface area contributed by atoms with Gasteiger partial charge in [0.1, 0.15) is 5.75 Å². The molecule has 0 saturated carbocycles. The number of amides is 1. The molecule has 0 unspecified atom stereocenters. The Kier molecular flexibility index (Phi) is 6.28. The molecule has 162 valence electrons. The Labute approximate surface area is 191 Å². The third-order valence-corrected chi connectivity index (χ3v) is 5.78. The van der Waals surface area contributed by atoms with E-state index >= 15 is 0 Å². The lowest BCUT2D eigenvalue weighted by Gasteiger charge is -2.08. The van der Waals surface area contributed by atoms with E-state index in [1.807, 2.05) is 37.3 Å². The van der Waals surface area contributed by atoms with Crippen molar-refractivity contribution < 1.29 is 14.7 Å². The Morgan fingerprint density at radius 1 is 1.00 bits per heavy atom. The van der Waals surface area contributed by atoms with E-state index in [9.17, 15) is 14.7 Å². The molecule has 6 heteroatoms. The fraction of sp³-hybridized carbons (Fsp3) is 0.154. The van der Waals surface area contributed by atoms with Crippen molar-refractivity contribution in [1.82, 2.24) is 9.88 Å². The van der Waals surface area contributed by atoms with E-state index in [1.54, 1.807) is 41.0 Å². The molecule has 5 nitrogen and oxygen atoms in total. The van der Waals surface area contributed by atoms with Crippen LogP contribution >= 0.6 is 11.6 Å². The maximum absolute atomic E-state index is 13.3. The van der Waals surface area contributed by atoms with E-state index in [-0.39, 0.29) is 24.0 Å². The Bertz CT molecular complexity index is 1280. The number of aromatic nitrogens is 1. The molecule has 4 rings (SSSR count). The van der Waals surface area contributed by atoms with Crippen molar-refractivity contribution in [2.45, 2.75) is 19.8 Å². The Morgan fingerprint density at radius 2 is 1.72 bits per heavy atom. The van der Waals surface area contributed by atoms with Gasteiger partial charge in [-0.1, -0.05) is 41.9 Å². The minimum Gasteiger partial charge on any atom is -0.508 e.